The lowest BCUT2D eigenvalue weighted by atomic mass is 9.46. The fourth-order valence-electron chi connectivity index (χ4n) is 7.95. The maximum Gasteiger partial charge on any atom is 0.395 e. The number of para-hydroxylation sites is 2. The third-order valence-corrected chi connectivity index (χ3v) is 9.71. The zero-order chi connectivity index (χ0) is 24.6. The lowest BCUT2D eigenvalue weighted by Crippen LogP contribution is -2.61. The van der Waals surface area contributed by atoms with E-state index in [2.05, 4.69) is 11.9 Å². The molecule has 5 unspecified atom stereocenters. The molecule has 0 bridgehead atoms. The Morgan fingerprint density at radius 3 is 2.86 bits per heavy atom. The predicted molar refractivity (Wildman–Crippen MR) is 127 cm³/mol. The fourth-order valence-corrected chi connectivity index (χ4v) is 7.95. The van der Waals surface area contributed by atoms with Gasteiger partial charge in [-0.1, -0.05) is 37.6 Å². The van der Waals surface area contributed by atoms with E-state index in [9.17, 15) is 19.8 Å². The van der Waals surface area contributed by atoms with Gasteiger partial charge in [0.25, 0.3) is 0 Å². The Morgan fingerprint density at radius 1 is 1.26 bits per heavy atom. The van der Waals surface area contributed by atoms with E-state index < -0.39 is 22.9 Å². The molecule has 184 valence electrons. The summed E-state index contributed by atoms with van der Waals surface area (Å²) in [5.41, 5.74) is -0.434. The molecule has 0 radical (unpaired) electrons. The second kappa shape index (κ2) is 7.61. The number of hydrogen-bond acceptors (Lipinski definition) is 7. The Morgan fingerprint density at radius 2 is 2.06 bits per heavy atom. The van der Waals surface area contributed by atoms with Gasteiger partial charge in [0.1, 0.15) is 11.1 Å². The first-order valence-corrected chi connectivity index (χ1v) is 12.5. The van der Waals surface area contributed by atoms with E-state index >= 15 is 0 Å². The van der Waals surface area contributed by atoms with Crippen molar-refractivity contribution in [2.45, 2.75) is 57.7 Å². The molecule has 7 nitrogen and oxygen atoms in total. The first-order valence-electron chi connectivity index (χ1n) is 12.5. The Balaban J connectivity index is 1.25. The number of benzene rings is 1. The molecule has 7 atom stereocenters. The summed E-state index contributed by atoms with van der Waals surface area (Å²) < 4.78 is 11.1. The average Bonchev–Trinajstić information content (AvgIpc) is 3.36. The van der Waals surface area contributed by atoms with Gasteiger partial charge in [0.15, 0.2) is 18.0 Å². The number of aliphatic hydroxyl groups is 2. The van der Waals surface area contributed by atoms with Crippen LogP contribution in [0, 0.1) is 28.6 Å². The molecule has 6 rings (SSSR count). The monoisotopic (exact) mass is 477 g/mol. The lowest BCUT2D eigenvalue weighted by molar-refractivity contribution is -0.178. The minimum atomic E-state index is -1.59. The highest BCUT2D eigenvalue weighted by molar-refractivity contribution is 6.01. The van der Waals surface area contributed by atoms with E-state index in [1.807, 2.05) is 25.1 Å². The van der Waals surface area contributed by atoms with Gasteiger partial charge < -0.3 is 19.4 Å². The first kappa shape index (κ1) is 22.7. The molecule has 0 saturated heterocycles. The van der Waals surface area contributed by atoms with Gasteiger partial charge in [0.05, 0.1) is 6.10 Å². The van der Waals surface area contributed by atoms with Crippen molar-refractivity contribution in [2.24, 2.45) is 28.6 Å². The normalized spacial score (nSPS) is 40.1. The van der Waals surface area contributed by atoms with Crippen LogP contribution in [0.2, 0.25) is 0 Å². The Bertz CT molecular complexity index is 1240. The van der Waals surface area contributed by atoms with Gasteiger partial charge >= 0.3 is 6.08 Å². The average molecular weight is 478 g/mol. The molecule has 2 N–H and O–H groups in total. The number of nitrogens with zero attached hydrogens (tertiary/aromatic N) is 1. The van der Waals surface area contributed by atoms with Crippen LogP contribution in [-0.2, 0) is 9.59 Å². The van der Waals surface area contributed by atoms with Crippen LogP contribution in [0.3, 0.4) is 0 Å². The number of rotatable bonds is 4. The number of ether oxygens (including phenoxy) is 1. The highest BCUT2D eigenvalue weighted by Gasteiger charge is 2.68. The van der Waals surface area contributed by atoms with E-state index in [4.69, 9.17) is 9.15 Å². The van der Waals surface area contributed by atoms with Crippen molar-refractivity contribution >= 4 is 22.7 Å². The molecule has 35 heavy (non-hydrogen) atoms. The molecular weight excluding hydrogens is 446 g/mol. The largest absolute Gasteiger partial charge is 0.442 e. The third-order valence-electron chi connectivity index (χ3n) is 9.71. The molecule has 2 aromatic rings. The van der Waals surface area contributed by atoms with Crippen LogP contribution in [-0.4, -0.2) is 45.1 Å². The van der Waals surface area contributed by atoms with Gasteiger partial charge in [-0.25, -0.2) is 0 Å². The van der Waals surface area contributed by atoms with Crippen molar-refractivity contribution in [3.63, 3.8) is 0 Å². The maximum atomic E-state index is 13.4. The van der Waals surface area contributed by atoms with Crippen molar-refractivity contribution in [1.29, 1.82) is 0 Å². The molecule has 4 aliphatic carbocycles. The van der Waals surface area contributed by atoms with Gasteiger partial charge in [-0.3, -0.25) is 9.59 Å². The zero-order valence-corrected chi connectivity index (χ0v) is 20.1. The van der Waals surface area contributed by atoms with Crippen LogP contribution >= 0.6 is 0 Å². The number of fused-ring (bicyclic) bond motifs is 6. The summed E-state index contributed by atoms with van der Waals surface area (Å²) in [5.74, 6) is -0.187. The number of allylic oxidation sites excluding steroid dienone is 4. The smallest absolute Gasteiger partial charge is 0.395 e. The Labute approximate surface area is 203 Å². The number of carbonyl (C=O) groups is 2. The van der Waals surface area contributed by atoms with Crippen molar-refractivity contribution in [3.05, 3.63) is 48.1 Å². The molecule has 4 aliphatic rings. The van der Waals surface area contributed by atoms with Crippen molar-refractivity contribution in [3.8, 4) is 6.08 Å². The van der Waals surface area contributed by atoms with E-state index in [0.717, 1.165) is 18.4 Å². The van der Waals surface area contributed by atoms with E-state index in [0.29, 0.717) is 30.4 Å². The van der Waals surface area contributed by atoms with Crippen molar-refractivity contribution in [1.82, 2.24) is 4.98 Å². The Hall–Kier alpha value is -2.77. The molecule has 0 spiro atoms. The van der Waals surface area contributed by atoms with Crippen LogP contribution in [0.1, 0.15) is 46.0 Å². The van der Waals surface area contributed by atoms with E-state index in [1.165, 1.54) is 0 Å². The number of hydrogen-bond donors (Lipinski definition) is 2. The first-order chi connectivity index (χ1) is 16.7. The standard InChI is InChI=1S/C28H31NO6/c1-26-11-9-17(30)13-16(26)7-8-18-19-10-12-28(33,27(19,2)14-21(31)24(18)26)23(32)15-34-25-29-20-5-3-4-6-22(20)35-25/h3-6,9,11,13,18-19,21,24,31,33H,7-8,10,12,14-15H2,1-2H3/t18?,19?,21-,24?,26?,27?,28-/m0/s1. The minimum Gasteiger partial charge on any atom is -0.442 e. The lowest BCUT2D eigenvalue weighted by Gasteiger charge is -2.59. The topological polar surface area (TPSA) is 110 Å². The minimum absolute atomic E-state index is 0.00440. The SMILES string of the molecule is CC12C=CC(=O)C=C1CCC1C2[C@@H](O)CC2(C)C1CC[C@]2(O)C(=O)COc1nc2ccccc2o1. The summed E-state index contributed by atoms with van der Waals surface area (Å²) in [4.78, 5) is 29.7. The number of carbonyl (C=O) groups excluding carboxylic acids is 2. The zero-order valence-electron chi connectivity index (χ0n) is 20.1. The number of aliphatic hydroxyl groups excluding tert-OH is 1. The maximum absolute atomic E-state index is 13.4. The highest BCUT2D eigenvalue weighted by Crippen LogP contribution is 2.67. The molecule has 3 saturated carbocycles. The summed E-state index contributed by atoms with van der Waals surface area (Å²) in [7, 11) is 0. The second-order valence-corrected chi connectivity index (χ2v) is 11.3. The summed E-state index contributed by atoms with van der Waals surface area (Å²) >= 11 is 0. The second-order valence-electron chi connectivity index (χ2n) is 11.3. The van der Waals surface area contributed by atoms with Gasteiger partial charge in [0.2, 0.25) is 5.78 Å². The number of ketones is 2. The van der Waals surface area contributed by atoms with Gasteiger partial charge in [-0.05, 0) is 68.2 Å². The molecule has 7 heteroatoms. The molecule has 3 fully saturated rings. The van der Waals surface area contributed by atoms with Gasteiger partial charge in [-0.15, -0.1) is 0 Å². The van der Waals surface area contributed by atoms with Crippen LogP contribution in [0.4, 0.5) is 0 Å². The van der Waals surface area contributed by atoms with Crippen LogP contribution in [0.5, 0.6) is 6.08 Å². The Kier molecular flexibility index (Phi) is 4.93. The number of oxazole rings is 1. The highest BCUT2D eigenvalue weighted by atomic mass is 16.6. The van der Waals surface area contributed by atoms with Crippen LogP contribution in [0.15, 0.2) is 52.5 Å². The van der Waals surface area contributed by atoms with Crippen molar-refractivity contribution < 1.29 is 29.0 Å². The van der Waals surface area contributed by atoms with Gasteiger partial charge in [-0.2, -0.15) is 4.98 Å². The van der Waals surface area contributed by atoms with E-state index in [-0.39, 0.29) is 41.6 Å². The predicted octanol–water partition coefficient (Wildman–Crippen LogP) is 3.79. The van der Waals surface area contributed by atoms with E-state index in [1.54, 1.807) is 24.3 Å². The number of Topliss-reactive ketones (excluding diaryl/α,β-unsaturated/α-hetero) is 1. The summed E-state index contributed by atoms with van der Waals surface area (Å²) in [5, 5.41) is 23.3. The fraction of sp³-hybridized carbons (Fsp3) is 0.536. The molecule has 0 aliphatic heterocycles. The van der Waals surface area contributed by atoms with Gasteiger partial charge in [0, 0.05) is 16.7 Å². The van der Waals surface area contributed by atoms with Crippen LogP contribution < -0.4 is 4.74 Å². The number of aromatic nitrogens is 1. The third kappa shape index (κ3) is 3.14. The summed E-state index contributed by atoms with van der Waals surface area (Å²) in [6.07, 6.45) is 7.64. The van der Waals surface area contributed by atoms with Crippen LogP contribution in [0.25, 0.3) is 11.1 Å². The molecule has 1 aromatic carbocycles. The summed E-state index contributed by atoms with van der Waals surface area (Å²) in [6, 6.07) is 7.24. The summed E-state index contributed by atoms with van der Waals surface area (Å²) in [6.45, 7) is 3.73. The molecule has 0 amide bonds. The molecule has 1 aromatic heterocycles. The molecular formula is C28H31NO6. The molecule has 1 heterocycles. The quantitative estimate of drug-likeness (QED) is 0.689. The van der Waals surface area contributed by atoms with Crippen molar-refractivity contribution in [2.75, 3.05) is 6.61 Å².